The lowest BCUT2D eigenvalue weighted by atomic mass is 9.88. The van der Waals surface area contributed by atoms with Crippen LogP contribution in [0.25, 0.3) is 0 Å². The number of hydrogen-bond acceptors (Lipinski definition) is 3. The molecule has 1 aliphatic heterocycles. The number of carbonyl (C=O) groups is 1. The van der Waals surface area contributed by atoms with E-state index in [9.17, 15) is 9.18 Å². The first-order valence-corrected chi connectivity index (χ1v) is 5.41. The van der Waals surface area contributed by atoms with Crippen LogP contribution in [0, 0.1) is 11.2 Å². The fourth-order valence-corrected chi connectivity index (χ4v) is 1.67. The number of nitrogens with two attached hydrogens (primary N) is 1. The van der Waals surface area contributed by atoms with Crippen LogP contribution in [0.4, 0.5) is 10.1 Å². The van der Waals surface area contributed by atoms with E-state index in [0.29, 0.717) is 19.8 Å². The predicted molar refractivity (Wildman–Crippen MR) is 62.1 cm³/mol. The molecule has 1 fully saturated rings. The topological polar surface area (TPSA) is 64.4 Å². The van der Waals surface area contributed by atoms with Crippen LogP contribution in [0.5, 0.6) is 0 Å². The molecule has 1 aliphatic rings. The van der Waals surface area contributed by atoms with E-state index < -0.39 is 5.82 Å². The van der Waals surface area contributed by atoms with Crippen molar-refractivity contribution in [2.24, 2.45) is 5.41 Å². The molecule has 92 valence electrons. The van der Waals surface area contributed by atoms with Crippen molar-refractivity contribution >= 4 is 11.6 Å². The van der Waals surface area contributed by atoms with E-state index in [2.05, 4.69) is 5.32 Å². The summed E-state index contributed by atoms with van der Waals surface area (Å²) in [5.74, 6) is -0.822. The standard InChI is InChI=1S/C12H15FN2O2/c1-12(6-17-7-12)5-15-11(16)9-4-8(13)2-3-10(9)14/h2-4H,5-7,14H2,1H3,(H,15,16). The third kappa shape index (κ3) is 2.55. The fourth-order valence-electron chi connectivity index (χ4n) is 1.67. The Labute approximate surface area is 98.9 Å². The maximum absolute atomic E-state index is 13.0. The molecule has 0 aromatic heterocycles. The summed E-state index contributed by atoms with van der Waals surface area (Å²) in [4.78, 5) is 11.8. The van der Waals surface area contributed by atoms with E-state index >= 15 is 0 Å². The quantitative estimate of drug-likeness (QED) is 0.777. The average molecular weight is 238 g/mol. The Hall–Kier alpha value is -1.62. The van der Waals surface area contributed by atoms with Crippen molar-refractivity contribution in [3.63, 3.8) is 0 Å². The Morgan fingerprint density at radius 3 is 2.88 bits per heavy atom. The van der Waals surface area contributed by atoms with Crippen LogP contribution in [0.3, 0.4) is 0 Å². The molecule has 4 nitrogen and oxygen atoms in total. The van der Waals surface area contributed by atoms with Gasteiger partial charge in [0.25, 0.3) is 5.91 Å². The molecule has 2 rings (SSSR count). The minimum absolute atomic E-state index is 0.0161. The van der Waals surface area contributed by atoms with Gasteiger partial charge in [-0.15, -0.1) is 0 Å². The molecule has 0 spiro atoms. The molecule has 1 heterocycles. The van der Waals surface area contributed by atoms with Gasteiger partial charge in [0.1, 0.15) is 5.82 Å². The summed E-state index contributed by atoms with van der Waals surface area (Å²) in [7, 11) is 0. The van der Waals surface area contributed by atoms with E-state index in [1.165, 1.54) is 12.1 Å². The van der Waals surface area contributed by atoms with Crippen LogP contribution in [0.15, 0.2) is 18.2 Å². The molecule has 17 heavy (non-hydrogen) atoms. The lowest BCUT2D eigenvalue weighted by Gasteiger charge is -2.38. The molecule has 0 unspecified atom stereocenters. The van der Waals surface area contributed by atoms with Crippen LogP contribution < -0.4 is 11.1 Å². The monoisotopic (exact) mass is 238 g/mol. The average Bonchev–Trinajstić information content (AvgIpc) is 2.26. The van der Waals surface area contributed by atoms with E-state index in [1.807, 2.05) is 6.92 Å². The van der Waals surface area contributed by atoms with E-state index in [4.69, 9.17) is 10.5 Å². The summed E-state index contributed by atoms with van der Waals surface area (Å²) in [6.45, 7) is 3.78. The highest BCUT2D eigenvalue weighted by Gasteiger charge is 2.33. The third-order valence-electron chi connectivity index (χ3n) is 2.84. The smallest absolute Gasteiger partial charge is 0.253 e. The Kier molecular flexibility index (Phi) is 3.02. The Morgan fingerprint density at radius 2 is 2.29 bits per heavy atom. The van der Waals surface area contributed by atoms with Gasteiger partial charge in [0.15, 0.2) is 0 Å². The van der Waals surface area contributed by atoms with E-state index in [1.54, 1.807) is 0 Å². The number of benzene rings is 1. The molecule has 0 bridgehead atoms. The van der Waals surface area contributed by atoms with Gasteiger partial charge in [-0.1, -0.05) is 6.92 Å². The van der Waals surface area contributed by atoms with Crippen molar-refractivity contribution in [2.45, 2.75) is 6.92 Å². The lowest BCUT2D eigenvalue weighted by Crippen LogP contribution is -2.48. The van der Waals surface area contributed by atoms with Gasteiger partial charge in [0.2, 0.25) is 0 Å². The van der Waals surface area contributed by atoms with Gasteiger partial charge in [0.05, 0.1) is 18.8 Å². The number of nitrogens with one attached hydrogen (secondary N) is 1. The summed E-state index contributed by atoms with van der Waals surface area (Å²) in [5.41, 5.74) is 6.06. The minimum Gasteiger partial charge on any atom is -0.398 e. The second-order valence-corrected chi connectivity index (χ2v) is 4.72. The van der Waals surface area contributed by atoms with Gasteiger partial charge >= 0.3 is 0 Å². The summed E-state index contributed by atoms with van der Waals surface area (Å²) in [5, 5.41) is 2.74. The van der Waals surface area contributed by atoms with Crippen molar-refractivity contribution in [1.29, 1.82) is 0 Å². The maximum Gasteiger partial charge on any atom is 0.253 e. The molecule has 1 aromatic rings. The van der Waals surface area contributed by atoms with Crippen molar-refractivity contribution in [2.75, 3.05) is 25.5 Å². The zero-order valence-corrected chi connectivity index (χ0v) is 9.63. The van der Waals surface area contributed by atoms with Crippen molar-refractivity contribution in [3.05, 3.63) is 29.6 Å². The van der Waals surface area contributed by atoms with Crippen molar-refractivity contribution < 1.29 is 13.9 Å². The second-order valence-electron chi connectivity index (χ2n) is 4.72. The van der Waals surface area contributed by atoms with Gasteiger partial charge in [0, 0.05) is 17.6 Å². The van der Waals surface area contributed by atoms with Gasteiger partial charge in [-0.2, -0.15) is 0 Å². The van der Waals surface area contributed by atoms with Gasteiger partial charge in [-0.05, 0) is 18.2 Å². The maximum atomic E-state index is 13.0. The van der Waals surface area contributed by atoms with Crippen LogP contribution in [0.1, 0.15) is 17.3 Å². The summed E-state index contributed by atoms with van der Waals surface area (Å²) in [6, 6.07) is 3.76. The molecule has 1 aromatic carbocycles. The van der Waals surface area contributed by atoms with E-state index in [0.717, 1.165) is 6.07 Å². The highest BCUT2D eigenvalue weighted by molar-refractivity contribution is 5.99. The molecule has 5 heteroatoms. The molecule has 0 atom stereocenters. The van der Waals surface area contributed by atoms with Crippen LogP contribution in [-0.4, -0.2) is 25.7 Å². The number of anilines is 1. The highest BCUT2D eigenvalue weighted by atomic mass is 19.1. The number of rotatable bonds is 3. The normalized spacial score (nSPS) is 17.3. The third-order valence-corrected chi connectivity index (χ3v) is 2.84. The molecule has 1 amide bonds. The SMILES string of the molecule is CC1(CNC(=O)c2cc(F)ccc2N)COC1. The summed E-state index contributed by atoms with van der Waals surface area (Å²) in [6.07, 6.45) is 0. The molecular weight excluding hydrogens is 223 g/mol. The van der Waals surface area contributed by atoms with Crippen molar-refractivity contribution in [1.82, 2.24) is 5.32 Å². The first-order valence-electron chi connectivity index (χ1n) is 5.41. The molecule has 3 N–H and O–H groups in total. The largest absolute Gasteiger partial charge is 0.398 e. The minimum atomic E-state index is -0.470. The Bertz CT molecular complexity index is 444. The van der Waals surface area contributed by atoms with Crippen LogP contribution in [-0.2, 0) is 4.74 Å². The van der Waals surface area contributed by atoms with Crippen LogP contribution in [0.2, 0.25) is 0 Å². The molecule has 1 saturated heterocycles. The van der Waals surface area contributed by atoms with Crippen molar-refractivity contribution in [3.8, 4) is 0 Å². The van der Waals surface area contributed by atoms with Gasteiger partial charge in [-0.25, -0.2) is 4.39 Å². The first kappa shape index (κ1) is 11.9. The molecule has 0 radical (unpaired) electrons. The first-order chi connectivity index (χ1) is 8.00. The zero-order valence-electron chi connectivity index (χ0n) is 9.63. The number of ether oxygens (including phenoxy) is 1. The Morgan fingerprint density at radius 1 is 1.59 bits per heavy atom. The second kappa shape index (κ2) is 4.33. The number of carbonyl (C=O) groups excluding carboxylic acids is 1. The predicted octanol–water partition coefficient (Wildman–Crippen LogP) is 1.17. The number of nitrogen functional groups attached to an aromatic ring is 1. The van der Waals surface area contributed by atoms with Gasteiger partial charge < -0.3 is 15.8 Å². The molecule has 0 saturated carbocycles. The number of halogens is 1. The Balaban J connectivity index is 2.01. The summed E-state index contributed by atoms with van der Waals surface area (Å²) >= 11 is 0. The highest BCUT2D eigenvalue weighted by Crippen LogP contribution is 2.25. The molecule has 0 aliphatic carbocycles. The number of amides is 1. The number of hydrogen-bond donors (Lipinski definition) is 2. The molecular formula is C12H15FN2O2. The zero-order chi connectivity index (χ0) is 12.5. The van der Waals surface area contributed by atoms with Gasteiger partial charge in [-0.3, -0.25) is 4.79 Å². The van der Waals surface area contributed by atoms with E-state index in [-0.39, 0.29) is 22.6 Å². The lowest BCUT2D eigenvalue weighted by molar-refractivity contribution is -0.0978. The fraction of sp³-hybridized carbons (Fsp3) is 0.417. The van der Waals surface area contributed by atoms with Crippen LogP contribution >= 0.6 is 0 Å². The summed E-state index contributed by atoms with van der Waals surface area (Å²) < 4.78 is 18.1.